The van der Waals surface area contributed by atoms with Gasteiger partial charge in [0.1, 0.15) is 17.0 Å². The molecule has 1 amide bonds. The van der Waals surface area contributed by atoms with E-state index in [1.807, 2.05) is 54.8 Å². The molecule has 0 aliphatic carbocycles. The van der Waals surface area contributed by atoms with Crippen LogP contribution < -0.4 is 10.1 Å². The summed E-state index contributed by atoms with van der Waals surface area (Å²) in [6.45, 7) is 7.73. The molecule has 8 nitrogen and oxygen atoms in total. The Kier molecular flexibility index (Phi) is 7.26. The number of nitrogens with zero attached hydrogens (tertiary/aromatic N) is 4. The van der Waals surface area contributed by atoms with Crippen molar-refractivity contribution in [2.45, 2.75) is 50.2 Å². The van der Waals surface area contributed by atoms with Crippen LogP contribution in [-0.4, -0.2) is 38.6 Å². The number of rotatable bonds is 9. The average molecular weight is 454 g/mol. The SMILES string of the molecule is COc1cccc(-c2nnc(SC(C)C(=O)NC(C)(C#N)C(C)C)n2Cc2ccco2)c1. The Balaban J connectivity index is 1.90. The van der Waals surface area contributed by atoms with E-state index in [1.54, 1.807) is 27.2 Å². The van der Waals surface area contributed by atoms with Gasteiger partial charge in [-0.2, -0.15) is 5.26 Å². The number of thioether (sulfide) groups is 1. The first-order chi connectivity index (χ1) is 15.3. The zero-order valence-corrected chi connectivity index (χ0v) is 19.6. The van der Waals surface area contributed by atoms with Gasteiger partial charge in [0.2, 0.25) is 5.91 Å². The molecule has 2 atom stereocenters. The number of nitrogens with one attached hydrogen (secondary N) is 1. The van der Waals surface area contributed by atoms with E-state index in [9.17, 15) is 10.1 Å². The zero-order chi connectivity index (χ0) is 23.3. The van der Waals surface area contributed by atoms with Crippen LogP contribution in [0.5, 0.6) is 5.75 Å². The van der Waals surface area contributed by atoms with Crippen LogP contribution in [0.15, 0.2) is 52.2 Å². The number of furan rings is 1. The quantitative estimate of drug-likeness (QED) is 0.486. The lowest BCUT2D eigenvalue weighted by atomic mass is 9.90. The Hall–Kier alpha value is -3.25. The Morgan fingerprint density at radius 1 is 1.31 bits per heavy atom. The molecule has 2 unspecified atom stereocenters. The summed E-state index contributed by atoms with van der Waals surface area (Å²) in [6.07, 6.45) is 1.61. The van der Waals surface area contributed by atoms with Crippen molar-refractivity contribution in [1.29, 1.82) is 5.26 Å². The van der Waals surface area contributed by atoms with Crippen LogP contribution in [0.25, 0.3) is 11.4 Å². The number of carbonyl (C=O) groups is 1. The Labute approximate surface area is 192 Å². The molecule has 168 valence electrons. The van der Waals surface area contributed by atoms with E-state index in [1.165, 1.54) is 11.8 Å². The van der Waals surface area contributed by atoms with Crippen molar-refractivity contribution in [3.63, 3.8) is 0 Å². The summed E-state index contributed by atoms with van der Waals surface area (Å²) in [5.74, 6) is 1.82. The van der Waals surface area contributed by atoms with Gasteiger partial charge in [0.05, 0.1) is 31.2 Å². The van der Waals surface area contributed by atoms with Gasteiger partial charge >= 0.3 is 0 Å². The highest BCUT2D eigenvalue weighted by atomic mass is 32.2. The van der Waals surface area contributed by atoms with Gasteiger partial charge in [0.25, 0.3) is 0 Å². The number of methoxy groups -OCH3 is 1. The van der Waals surface area contributed by atoms with Crippen molar-refractivity contribution in [2.75, 3.05) is 7.11 Å². The Morgan fingerprint density at radius 3 is 2.72 bits per heavy atom. The Morgan fingerprint density at radius 2 is 2.09 bits per heavy atom. The summed E-state index contributed by atoms with van der Waals surface area (Å²) in [6, 6.07) is 13.5. The maximum Gasteiger partial charge on any atom is 0.234 e. The normalized spacial score (nSPS) is 13.9. The third-order valence-electron chi connectivity index (χ3n) is 5.36. The minimum Gasteiger partial charge on any atom is -0.497 e. The highest BCUT2D eigenvalue weighted by Gasteiger charge is 2.32. The first-order valence-electron chi connectivity index (χ1n) is 10.3. The fourth-order valence-electron chi connectivity index (χ4n) is 2.92. The molecular weight excluding hydrogens is 426 g/mol. The first-order valence-corrected chi connectivity index (χ1v) is 11.1. The predicted octanol–water partition coefficient (Wildman–Crippen LogP) is 4.13. The van der Waals surface area contributed by atoms with Crippen LogP contribution in [0, 0.1) is 17.2 Å². The molecule has 0 saturated heterocycles. The fraction of sp³-hybridized carbons (Fsp3) is 0.391. The molecule has 0 fully saturated rings. The van der Waals surface area contributed by atoms with E-state index >= 15 is 0 Å². The van der Waals surface area contributed by atoms with Gasteiger partial charge in [-0.05, 0) is 44.0 Å². The van der Waals surface area contributed by atoms with Crippen molar-refractivity contribution in [3.05, 3.63) is 48.4 Å². The van der Waals surface area contributed by atoms with Crippen LogP contribution >= 0.6 is 11.8 Å². The summed E-state index contributed by atoms with van der Waals surface area (Å²) in [5.41, 5.74) is -0.108. The number of nitriles is 1. The maximum atomic E-state index is 12.8. The molecule has 9 heteroatoms. The summed E-state index contributed by atoms with van der Waals surface area (Å²) >= 11 is 1.28. The van der Waals surface area contributed by atoms with Crippen molar-refractivity contribution in [1.82, 2.24) is 20.1 Å². The average Bonchev–Trinajstić information content (AvgIpc) is 3.44. The molecule has 2 aromatic heterocycles. The third-order valence-corrected chi connectivity index (χ3v) is 6.44. The second-order valence-electron chi connectivity index (χ2n) is 7.92. The molecule has 3 rings (SSSR count). The van der Waals surface area contributed by atoms with Gasteiger partial charge in [-0.1, -0.05) is 37.7 Å². The number of carbonyl (C=O) groups excluding carboxylic acids is 1. The second-order valence-corrected chi connectivity index (χ2v) is 9.23. The highest BCUT2D eigenvalue weighted by molar-refractivity contribution is 8.00. The van der Waals surface area contributed by atoms with E-state index in [4.69, 9.17) is 9.15 Å². The van der Waals surface area contributed by atoms with Crippen LogP contribution in [0.3, 0.4) is 0 Å². The number of hydrogen-bond donors (Lipinski definition) is 1. The van der Waals surface area contributed by atoms with Gasteiger partial charge < -0.3 is 14.5 Å². The second kappa shape index (κ2) is 9.92. The smallest absolute Gasteiger partial charge is 0.234 e. The summed E-state index contributed by atoms with van der Waals surface area (Å²) in [5, 5.41) is 21.2. The monoisotopic (exact) mass is 453 g/mol. The van der Waals surface area contributed by atoms with Crippen molar-refractivity contribution in [3.8, 4) is 23.2 Å². The van der Waals surface area contributed by atoms with Crippen LogP contribution in [0.4, 0.5) is 0 Å². The lowest BCUT2D eigenvalue weighted by molar-refractivity contribution is -0.121. The van der Waals surface area contributed by atoms with Gasteiger partial charge in [-0.25, -0.2) is 0 Å². The van der Waals surface area contributed by atoms with Crippen LogP contribution in [0.1, 0.15) is 33.5 Å². The third kappa shape index (κ3) is 5.14. The fourth-order valence-corrected chi connectivity index (χ4v) is 3.77. The van der Waals surface area contributed by atoms with E-state index < -0.39 is 10.8 Å². The van der Waals surface area contributed by atoms with Crippen LogP contribution in [0.2, 0.25) is 0 Å². The number of hydrogen-bond acceptors (Lipinski definition) is 7. The Bertz CT molecular complexity index is 1100. The topological polar surface area (TPSA) is 106 Å². The number of ether oxygens (including phenoxy) is 1. The lowest BCUT2D eigenvalue weighted by Crippen LogP contribution is -2.51. The van der Waals surface area contributed by atoms with Gasteiger partial charge in [-0.15, -0.1) is 10.2 Å². The summed E-state index contributed by atoms with van der Waals surface area (Å²) in [4.78, 5) is 12.8. The molecule has 1 aromatic carbocycles. The molecule has 32 heavy (non-hydrogen) atoms. The number of benzene rings is 1. The molecule has 0 aliphatic heterocycles. The molecule has 0 saturated carbocycles. The molecule has 0 radical (unpaired) electrons. The van der Waals surface area contributed by atoms with Crippen molar-refractivity contribution >= 4 is 17.7 Å². The van der Waals surface area contributed by atoms with Gasteiger partial charge in [0, 0.05) is 5.56 Å². The summed E-state index contributed by atoms with van der Waals surface area (Å²) < 4.78 is 12.8. The van der Waals surface area contributed by atoms with Crippen molar-refractivity contribution < 1.29 is 13.9 Å². The first kappa shape index (κ1) is 23.4. The van der Waals surface area contributed by atoms with E-state index in [2.05, 4.69) is 21.6 Å². The summed E-state index contributed by atoms with van der Waals surface area (Å²) in [7, 11) is 1.61. The molecule has 2 heterocycles. The highest BCUT2D eigenvalue weighted by Crippen LogP contribution is 2.30. The van der Waals surface area contributed by atoms with E-state index in [0.717, 1.165) is 11.3 Å². The minimum absolute atomic E-state index is 0.0316. The van der Waals surface area contributed by atoms with Gasteiger partial charge in [0.15, 0.2) is 11.0 Å². The van der Waals surface area contributed by atoms with Gasteiger partial charge in [-0.3, -0.25) is 9.36 Å². The molecule has 0 bridgehead atoms. The lowest BCUT2D eigenvalue weighted by Gasteiger charge is -2.28. The largest absolute Gasteiger partial charge is 0.497 e. The maximum absolute atomic E-state index is 12.8. The number of aromatic nitrogens is 3. The standard InChI is InChI=1S/C23H27N5O3S/c1-15(2)23(4,14-24)25-21(29)16(3)32-22-27-26-20(17-8-6-9-18(12-17)30-5)28(22)13-19-10-7-11-31-19/h6-12,15-16H,13H2,1-5H3,(H,25,29). The van der Waals surface area contributed by atoms with Crippen molar-refractivity contribution in [2.24, 2.45) is 5.92 Å². The minimum atomic E-state index is -0.945. The van der Waals surface area contributed by atoms with E-state index in [0.29, 0.717) is 23.3 Å². The molecule has 3 aromatic rings. The molecular formula is C23H27N5O3S. The predicted molar refractivity (Wildman–Crippen MR) is 122 cm³/mol. The van der Waals surface area contributed by atoms with Crippen LogP contribution in [-0.2, 0) is 11.3 Å². The molecule has 1 N–H and O–H groups in total. The molecule has 0 aliphatic rings. The number of amides is 1. The van der Waals surface area contributed by atoms with E-state index in [-0.39, 0.29) is 11.8 Å². The molecule has 0 spiro atoms. The zero-order valence-electron chi connectivity index (χ0n) is 18.8.